The maximum absolute atomic E-state index is 13.4. The van der Waals surface area contributed by atoms with Crippen LogP contribution in [0.4, 0.5) is 0 Å². The molecule has 26 heavy (non-hydrogen) atoms. The van der Waals surface area contributed by atoms with E-state index in [9.17, 15) is 4.79 Å². The summed E-state index contributed by atoms with van der Waals surface area (Å²) in [6, 6.07) is 24.4. The van der Waals surface area contributed by atoms with Crippen molar-refractivity contribution in [3.8, 4) is 5.69 Å². The Balaban J connectivity index is 2.09. The zero-order valence-corrected chi connectivity index (χ0v) is 14.7. The molecule has 2 aromatic heterocycles. The molecular weight excluding hydrogens is 320 g/mol. The molecule has 0 aliphatic rings. The molecule has 3 aromatic carbocycles. The smallest absolute Gasteiger partial charge is 0.266 e. The minimum absolute atomic E-state index is 0.0165. The molecular formula is C23H18N2O. The topological polar surface area (TPSA) is 26.4 Å². The van der Waals surface area contributed by atoms with Crippen molar-refractivity contribution in [3.05, 3.63) is 94.3 Å². The monoisotopic (exact) mass is 338 g/mol. The fourth-order valence-corrected chi connectivity index (χ4v) is 3.92. The van der Waals surface area contributed by atoms with Gasteiger partial charge in [-0.2, -0.15) is 0 Å². The predicted octanol–water partition coefficient (Wildman–Crippen LogP) is 5.01. The molecule has 0 bridgehead atoms. The van der Waals surface area contributed by atoms with Gasteiger partial charge in [0.1, 0.15) is 5.65 Å². The van der Waals surface area contributed by atoms with Crippen LogP contribution in [0.2, 0.25) is 0 Å². The van der Waals surface area contributed by atoms with Crippen molar-refractivity contribution in [1.82, 2.24) is 8.97 Å². The number of benzene rings is 3. The first-order valence-electron chi connectivity index (χ1n) is 8.77. The number of nitrogens with zero attached hydrogens (tertiary/aromatic N) is 2. The number of aromatic nitrogens is 2. The molecule has 5 rings (SSSR count). The fourth-order valence-electron chi connectivity index (χ4n) is 3.92. The lowest BCUT2D eigenvalue weighted by atomic mass is 10.1. The lowest BCUT2D eigenvalue weighted by molar-refractivity contribution is 0.994. The minimum atomic E-state index is 0.0165. The van der Waals surface area contributed by atoms with E-state index >= 15 is 0 Å². The van der Waals surface area contributed by atoms with Crippen LogP contribution < -0.4 is 5.56 Å². The fraction of sp³-hybridized carbons (Fsp3) is 0.0870. The molecule has 0 radical (unpaired) electrons. The average Bonchev–Trinajstić information content (AvgIpc) is 3.03. The van der Waals surface area contributed by atoms with Crippen LogP contribution in [-0.2, 0) is 0 Å². The maximum Gasteiger partial charge on any atom is 0.266 e. The molecule has 0 unspecified atom stereocenters. The Bertz CT molecular complexity index is 1370. The van der Waals surface area contributed by atoms with Gasteiger partial charge in [-0.3, -0.25) is 13.8 Å². The first-order chi connectivity index (χ1) is 12.6. The number of para-hydroxylation sites is 2. The van der Waals surface area contributed by atoms with Gasteiger partial charge in [0.25, 0.3) is 5.56 Å². The minimum Gasteiger partial charge on any atom is -0.295 e. The van der Waals surface area contributed by atoms with E-state index in [4.69, 9.17) is 0 Å². The van der Waals surface area contributed by atoms with E-state index in [0.29, 0.717) is 0 Å². The summed E-state index contributed by atoms with van der Waals surface area (Å²) in [7, 11) is 0. The molecule has 0 fully saturated rings. The Morgan fingerprint density at radius 2 is 1.50 bits per heavy atom. The van der Waals surface area contributed by atoms with Gasteiger partial charge in [0.15, 0.2) is 0 Å². The SMILES string of the molecule is Cc1ccc(-n2c(=O)c3ccccc3n3c4ccccc4cc23)c(C)c1. The summed E-state index contributed by atoms with van der Waals surface area (Å²) >= 11 is 0. The lowest BCUT2D eigenvalue weighted by Crippen LogP contribution is -2.21. The van der Waals surface area contributed by atoms with Gasteiger partial charge in [-0.1, -0.05) is 48.0 Å². The number of hydrogen-bond donors (Lipinski definition) is 0. The highest BCUT2D eigenvalue weighted by molar-refractivity contribution is 5.93. The van der Waals surface area contributed by atoms with Crippen molar-refractivity contribution < 1.29 is 0 Å². The number of fused-ring (bicyclic) bond motifs is 5. The van der Waals surface area contributed by atoms with E-state index in [2.05, 4.69) is 48.6 Å². The van der Waals surface area contributed by atoms with Gasteiger partial charge in [0.05, 0.1) is 22.1 Å². The zero-order valence-electron chi connectivity index (χ0n) is 14.7. The highest BCUT2D eigenvalue weighted by atomic mass is 16.1. The van der Waals surface area contributed by atoms with Crippen LogP contribution in [0.15, 0.2) is 77.6 Å². The second-order valence-corrected chi connectivity index (χ2v) is 6.84. The zero-order chi connectivity index (χ0) is 17.8. The summed E-state index contributed by atoms with van der Waals surface area (Å²) in [6.07, 6.45) is 0. The van der Waals surface area contributed by atoms with Crippen molar-refractivity contribution in [3.63, 3.8) is 0 Å². The molecule has 3 nitrogen and oxygen atoms in total. The van der Waals surface area contributed by atoms with E-state index in [1.54, 1.807) is 0 Å². The molecule has 0 atom stereocenters. The quantitative estimate of drug-likeness (QED) is 0.422. The summed E-state index contributed by atoms with van der Waals surface area (Å²) in [5.41, 5.74) is 6.17. The third-order valence-electron chi connectivity index (χ3n) is 5.09. The lowest BCUT2D eigenvalue weighted by Gasteiger charge is -2.15. The van der Waals surface area contributed by atoms with Gasteiger partial charge in [0.2, 0.25) is 0 Å². The van der Waals surface area contributed by atoms with Gasteiger partial charge in [-0.25, -0.2) is 0 Å². The number of rotatable bonds is 1. The predicted molar refractivity (Wildman–Crippen MR) is 107 cm³/mol. The Morgan fingerprint density at radius 1 is 0.769 bits per heavy atom. The van der Waals surface area contributed by atoms with Gasteiger partial charge in [-0.15, -0.1) is 0 Å². The first kappa shape index (κ1) is 15.0. The second-order valence-electron chi connectivity index (χ2n) is 6.84. The van der Waals surface area contributed by atoms with Crippen LogP contribution in [0.25, 0.3) is 33.1 Å². The molecule has 3 heteroatoms. The van der Waals surface area contributed by atoms with Crippen LogP contribution in [0.1, 0.15) is 11.1 Å². The molecule has 0 aliphatic carbocycles. The van der Waals surface area contributed by atoms with Gasteiger partial charge in [-0.05, 0) is 49.7 Å². The van der Waals surface area contributed by atoms with E-state index < -0.39 is 0 Å². The van der Waals surface area contributed by atoms with Gasteiger partial charge in [0, 0.05) is 5.39 Å². The van der Waals surface area contributed by atoms with E-state index in [1.807, 2.05) is 47.0 Å². The van der Waals surface area contributed by atoms with Crippen LogP contribution in [-0.4, -0.2) is 8.97 Å². The molecule has 0 saturated heterocycles. The summed E-state index contributed by atoms with van der Waals surface area (Å²) < 4.78 is 4.03. The normalized spacial score (nSPS) is 11.6. The summed E-state index contributed by atoms with van der Waals surface area (Å²) in [5.74, 6) is 0. The molecule has 126 valence electrons. The van der Waals surface area contributed by atoms with Crippen molar-refractivity contribution >= 4 is 27.5 Å². The van der Waals surface area contributed by atoms with Crippen LogP contribution in [0.3, 0.4) is 0 Å². The van der Waals surface area contributed by atoms with Crippen molar-refractivity contribution in [2.24, 2.45) is 0 Å². The summed E-state index contributed by atoms with van der Waals surface area (Å²) in [6.45, 7) is 4.13. The molecule has 0 saturated carbocycles. The van der Waals surface area contributed by atoms with Crippen LogP contribution >= 0.6 is 0 Å². The van der Waals surface area contributed by atoms with Gasteiger partial charge < -0.3 is 0 Å². The summed E-state index contributed by atoms with van der Waals surface area (Å²) in [5, 5.41) is 1.85. The highest BCUT2D eigenvalue weighted by Crippen LogP contribution is 2.26. The van der Waals surface area contributed by atoms with Crippen molar-refractivity contribution in [2.75, 3.05) is 0 Å². The Kier molecular flexibility index (Phi) is 3.07. The van der Waals surface area contributed by atoms with Gasteiger partial charge >= 0.3 is 0 Å². The van der Waals surface area contributed by atoms with Crippen LogP contribution in [0.5, 0.6) is 0 Å². The third-order valence-corrected chi connectivity index (χ3v) is 5.09. The molecule has 0 amide bonds. The second kappa shape index (κ2) is 5.33. The Morgan fingerprint density at radius 3 is 2.31 bits per heavy atom. The number of hydrogen-bond acceptors (Lipinski definition) is 1. The summed E-state index contributed by atoms with van der Waals surface area (Å²) in [4.78, 5) is 13.4. The molecule has 5 aromatic rings. The molecule has 0 aliphatic heterocycles. The molecule has 0 spiro atoms. The molecule has 2 heterocycles. The van der Waals surface area contributed by atoms with Crippen LogP contribution in [0, 0.1) is 13.8 Å². The largest absolute Gasteiger partial charge is 0.295 e. The Labute approximate surface area is 150 Å². The highest BCUT2D eigenvalue weighted by Gasteiger charge is 2.16. The standard InChI is InChI=1S/C23H18N2O/c1-15-11-12-19(16(2)13-15)25-22-14-17-7-3-5-9-20(17)24(22)21-10-6-4-8-18(21)23(25)26/h3-14H,1-2H3. The Hall–Kier alpha value is -3.33. The van der Waals surface area contributed by atoms with E-state index in [1.165, 1.54) is 5.56 Å². The maximum atomic E-state index is 13.4. The van der Waals surface area contributed by atoms with Crippen molar-refractivity contribution in [2.45, 2.75) is 13.8 Å². The van der Waals surface area contributed by atoms with Crippen molar-refractivity contribution in [1.29, 1.82) is 0 Å². The van der Waals surface area contributed by atoms with E-state index in [-0.39, 0.29) is 5.56 Å². The third kappa shape index (κ3) is 1.97. The average molecular weight is 338 g/mol. The first-order valence-corrected chi connectivity index (χ1v) is 8.77. The van der Waals surface area contributed by atoms with E-state index in [0.717, 1.165) is 38.7 Å². The molecule has 0 N–H and O–H groups in total. The number of aryl methyl sites for hydroxylation is 2.